The van der Waals surface area contributed by atoms with Crippen LogP contribution in [0.2, 0.25) is 0 Å². The van der Waals surface area contributed by atoms with E-state index in [0.29, 0.717) is 6.54 Å². The number of hydrogen-bond donors (Lipinski definition) is 2. The Labute approximate surface area is 124 Å². The molecular weight excluding hydrogens is 269 g/mol. The largest absolute Gasteiger partial charge is 0.497 e. The number of aliphatic hydroxyl groups is 1. The van der Waals surface area contributed by atoms with E-state index in [1.165, 1.54) is 12.1 Å². The van der Waals surface area contributed by atoms with Crippen molar-refractivity contribution >= 4 is 0 Å². The van der Waals surface area contributed by atoms with Gasteiger partial charge >= 0.3 is 0 Å². The Kier molecular flexibility index (Phi) is 5.31. The molecule has 0 aliphatic heterocycles. The van der Waals surface area contributed by atoms with Crippen molar-refractivity contribution in [2.75, 3.05) is 13.7 Å². The van der Waals surface area contributed by atoms with Crippen LogP contribution >= 0.6 is 0 Å². The van der Waals surface area contributed by atoms with Crippen molar-refractivity contribution in [3.8, 4) is 5.75 Å². The van der Waals surface area contributed by atoms with E-state index < -0.39 is 6.10 Å². The molecule has 2 rings (SSSR count). The van der Waals surface area contributed by atoms with Gasteiger partial charge in [0.25, 0.3) is 0 Å². The molecule has 0 aromatic heterocycles. The van der Waals surface area contributed by atoms with Crippen molar-refractivity contribution < 1.29 is 14.2 Å². The van der Waals surface area contributed by atoms with Gasteiger partial charge in [-0.05, 0) is 42.3 Å². The van der Waals surface area contributed by atoms with Gasteiger partial charge < -0.3 is 15.2 Å². The van der Waals surface area contributed by atoms with Gasteiger partial charge in [-0.15, -0.1) is 0 Å². The summed E-state index contributed by atoms with van der Waals surface area (Å²) in [6, 6.07) is 13.7. The molecule has 0 radical (unpaired) electrons. The van der Waals surface area contributed by atoms with Gasteiger partial charge in [0, 0.05) is 12.6 Å². The lowest BCUT2D eigenvalue weighted by molar-refractivity contribution is 0.170. The number of nitrogens with one attached hydrogen (secondary N) is 1. The molecule has 112 valence electrons. The van der Waals surface area contributed by atoms with Crippen molar-refractivity contribution in [1.82, 2.24) is 5.32 Å². The molecule has 0 saturated heterocycles. The zero-order chi connectivity index (χ0) is 15.2. The minimum atomic E-state index is -0.598. The smallest absolute Gasteiger partial charge is 0.123 e. The quantitative estimate of drug-likeness (QED) is 0.858. The molecule has 2 aromatic rings. The second kappa shape index (κ2) is 7.20. The highest BCUT2D eigenvalue weighted by Gasteiger charge is 2.10. The van der Waals surface area contributed by atoms with E-state index in [4.69, 9.17) is 4.74 Å². The molecule has 0 bridgehead atoms. The van der Waals surface area contributed by atoms with Crippen molar-refractivity contribution in [2.45, 2.75) is 19.1 Å². The first-order valence-electron chi connectivity index (χ1n) is 6.91. The minimum Gasteiger partial charge on any atom is -0.497 e. The van der Waals surface area contributed by atoms with Gasteiger partial charge in [0.15, 0.2) is 0 Å². The van der Waals surface area contributed by atoms with Crippen LogP contribution in [-0.4, -0.2) is 18.8 Å². The summed E-state index contributed by atoms with van der Waals surface area (Å²) in [7, 11) is 1.61. The minimum absolute atomic E-state index is 0.0403. The van der Waals surface area contributed by atoms with Crippen LogP contribution in [0.3, 0.4) is 0 Å². The first-order valence-corrected chi connectivity index (χ1v) is 6.91. The number of hydrogen-bond acceptors (Lipinski definition) is 3. The monoisotopic (exact) mass is 289 g/mol. The lowest BCUT2D eigenvalue weighted by Gasteiger charge is -2.18. The Balaban J connectivity index is 1.90. The second-order valence-electron chi connectivity index (χ2n) is 4.97. The molecule has 1 unspecified atom stereocenters. The van der Waals surface area contributed by atoms with Crippen molar-refractivity contribution in [2.24, 2.45) is 0 Å². The number of methoxy groups -OCH3 is 1. The van der Waals surface area contributed by atoms with Gasteiger partial charge in [-0.2, -0.15) is 0 Å². The van der Waals surface area contributed by atoms with Crippen LogP contribution in [0.4, 0.5) is 4.39 Å². The maximum atomic E-state index is 12.9. The topological polar surface area (TPSA) is 41.5 Å². The molecule has 2 atom stereocenters. The lowest BCUT2D eigenvalue weighted by atomic mass is 10.1. The highest BCUT2D eigenvalue weighted by atomic mass is 19.1. The van der Waals surface area contributed by atoms with Gasteiger partial charge in [-0.1, -0.05) is 24.3 Å². The molecule has 3 nitrogen and oxygen atoms in total. The zero-order valence-electron chi connectivity index (χ0n) is 12.2. The van der Waals surface area contributed by atoms with Gasteiger partial charge in [-0.25, -0.2) is 4.39 Å². The van der Waals surface area contributed by atoms with Crippen LogP contribution in [0.25, 0.3) is 0 Å². The summed E-state index contributed by atoms with van der Waals surface area (Å²) in [6.07, 6.45) is -0.598. The van der Waals surface area contributed by atoms with Crippen LogP contribution in [-0.2, 0) is 0 Å². The van der Waals surface area contributed by atoms with Gasteiger partial charge in [0.05, 0.1) is 13.2 Å². The lowest BCUT2D eigenvalue weighted by Crippen LogP contribution is -2.24. The summed E-state index contributed by atoms with van der Waals surface area (Å²) in [6.45, 7) is 2.40. The fourth-order valence-corrected chi connectivity index (χ4v) is 2.10. The molecule has 0 spiro atoms. The van der Waals surface area contributed by atoms with E-state index >= 15 is 0 Å². The molecule has 0 amide bonds. The summed E-state index contributed by atoms with van der Waals surface area (Å²) < 4.78 is 18.0. The molecule has 0 aliphatic rings. The van der Waals surface area contributed by atoms with Gasteiger partial charge in [0.1, 0.15) is 11.6 Å². The van der Waals surface area contributed by atoms with E-state index in [1.54, 1.807) is 19.2 Å². The molecule has 2 aromatic carbocycles. The first-order chi connectivity index (χ1) is 10.1. The summed E-state index contributed by atoms with van der Waals surface area (Å²) >= 11 is 0. The van der Waals surface area contributed by atoms with E-state index in [1.807, 2.05) is 31.2 Å². The maximum absolute atomic E-state index is 12.9. The van der Waals surface area contributed by atoms with E-state index in [-0.39, 0.29) is 11.9 Å². The van der Waals surface area contributed by atoms with E-state index in [9.17, 15) is 9.50 Å². The third-order valence-electron chi connectivity index (χ3n) is 3.49. The van der Waals surface area contributed by atoms with Crippen LogP contribution in [0.1, 0.15) is 30.2 Å². The highest BCUT2D eigenvalue weighted by molar-refractivity contribution is 5.28. The molecule has 0 saturated carbocycles. The standard InChI is InChI=1S/C17H20FNO2/c1-12(13-3-7-15(18)8-4-13)19-11-17(20)14-5-9-16(21-2)10-6-14/h3-10,12,17,19-20H,11H2,1-2H3/t12-,17?/m1/s1. The molecule has 0 aliphatic carbocycles. The predicted octanol–water partition coefficient (Wildman–Crippen LogP) is 3.22. The number of halogens is 1. The van der Waals surface area contributed by atoms with E-state index in [0.717, 1.165) is 16.9 Å². The summed E-state index contributed by atoms with van der Waals surface area (Å²) in [5, 5.41) is 13.4. The van der Waals surface area contributed by atoms with E-state index in [2.05, 4.69) is 5.32 Å². The summed E-state index contributed by atoms with van der Waals surface area (Å²) in [5.74, 6) is 0.516. The third kappa shape index (κ3) is 4.28. The zero-order valence-corrected chi connectivity index (χ0v) is 12.2. The van der Waals surface area contributed by atoms with Gasteiger partial charge in [-0.3, -0.25) is 0 Å². The average molecular weight is 289 g/mol. The Morgan fingerprint density at radius 2 is 1.62 bits per heavy atom. The maximum Gasteiger partial charge on any atom is 0.123 e. The fraction of sp³-hybridized carbons (Fsp3) is 0.294. The Hall–Kier alpha value is -1.91. The van der Waals surface area contributed by atoms with Crippen molar-refractivity contribution in [3.05, 3.63) is 65.5 Å². The van der Waals surface area contributed by atoms with Crippen LogP contribution in [0.15, 0.2) is 48.5 Å². The van der Waals surface area contributed by atoms with Crippen molar-refractivity contribution in [3.63, 3.8) is 0 Å². The summed E-state index contributed by atoms with van der Waals surface area (Å²) in [4.78, 5) is 0. The second-order valence-corrected chi connectivity index (χ2v) is 4.97. The number of benzene rings is 2. The van der Waals surface area contributed by atoms with Crippen molar-refractivity contribution in [1.29, 1.82) is 0 Å². The average Bonchev–Trinajstić information content (AvgIpc) is 2.53. The van der Waals surface area contributed by atoms with Crippen LogP contribution in [0, 0.1) is 5.82 Å². The first kappa shape index (κ1) is 15.5. The number of ether oxygens (including phenoxy) is 1. The molecule has 4 heteroatoms. The van der Waals surface area contributed by atoms with Crippen LogP contribution in [0.5, 0.6) is 5.75 Å². The summed E-state index contributed by atoms with van der Waals surface area (Å²) in [5.41, 5.74) is 1.81. The Morgan fingerprint density at radius 3 is 2.19 bits per heavy atom. The molecule has 21 heavy (non-hydrogen) atoms. The number of aliphatic hydroxyl groups excluding tert-OH is 1. The highest BCUT2D eigenvalue weighted by Crippen LogP contribution is 2.18. The molecule has 0 fully saturated rings. The normalized spacial score (nSPS) is 13.7. The Morgan fingerprint density at radius 1 is 1.05 bits per heavy atom. The fourth-order valence-electron chi connectivity index (χ4n) is 2.10. The molecular formula is C17H20FNO2. The molecule has 2 N–H and O–H groups in total. The molecule has 0 heterocycles. The Bertz CT molecular complexity index is 554. The third-order valence-corrected chi connectivity index (χ3v) is 3.49. The predicted molar refractivity (Wildman–Crippen MR) is 80.8 cm³/mol. The number of rotatable bonds is 6. The SMILES string of the molecule is COc1ccc(C(O)CN[C@H](C)c2ccc(F)cc2)cc1. The van der Waals surface area contributed by atoms with Gasteiger partial charge in [0.2, 0.25) is 0 Å². The van der Waals surface area contributed by atoms with Crippen LogP contribution < -0.4 is 10.1 Å².